The molecule has 0 saturated carbocycles. The molecule has 2 nitrogen and oxygen atoms in total. The van der Waals surface area contributed by atoms with Crippen LogP contribution < -0.4 is 0 Å². The normalized spacial score (nSPS) is 25.9. The van der Waals surface area contributed by atoms with E-state index in [2.05, 4.69) is 32.6 Å². The minimum atomic E-state index is 0.426. The second kappa shape index (κ2) is 5.64. The van der Waals surface area contributed by atoms with Crippen LogP contribution in [0.2, 0.25) is 0 Å². The van der Waals surface area contributed by atoms with Gasteiger partial charge in [0.25, 0.3) is 0 Å². The van der Waals surface area contributed by atoms with Gasteiger partial charge in [0.1, 0.15) is 5.78 Å². The van der Waals surface area contributed by atoms with Gasteiger partial charge in [0, 0.05) is 18.5 Å². The summed E-state index contributed by atoms with van der Waals surface area (Å²) >= 11 is 0. The number of piperidine rings is 1. The summed E-state index contributed by atoms with van der Waals surface area (Å²) in [5.41, 5.74) is 0. The summed E-state index contributed by atoms with van der Waals surface area (Å²) in [5, 5.41) is 0. The molecule has 1 aliphatic heterocycles. The Bertz CT molecular complexity index is 213. The highest BCUT2D eigenvalue weighted by molar-refractivity contribution is 5.81. The molecule has 2 atom stereocenters. The maximum Gasteiger partial charge on any atom is 0.146 e. The molecule has 1 aliphatic rings. The number of hydrogen-bond acceptors (Lipinski definition) is 2. The average Bonchev–Trinajstić information content (AvgIpc) is 2.19. The van der Waals surface area contributed by atoms with Gasteiger partial charge in [0.2, 0.25) is 0 Å². The summed E-state index contributed by atoms with van der Waals surface area (Å²) < 4.78 is 0. The lowest BCUT2D eigenvalue weighted by molar-refractivity contribution is -0.124. The van der Waals surface area contributed by atoms with E-state index in [-0.39, 0.29) is 0 Å². The molecule has 0 spiro atoms. The van der Waals surface area contributed by atoms with E-state index in [4.69, 9.17) is 0 Å². The first kappa shape index (κ1) is 12.7. The number of ketones is 1. The molecule has 0 aliphatic carbocycles. The number of rotatable bonds is 4. The number of carbonyl (C=O) groups is 1. The van der Waals surface area contributed by atoms with Crippen LogP contribution >= 0.6 is 0 Å². The van der Waals surface area contributed by atoms with Gasteiger partial charge in [0.05, 0.1) is 6.54 Å². The van der Waals surface area contributed by atoms with Gasteiger partial charge in [0.15, 0.2) is 0 Å². The molecule has 0 N–H and O–H groups in total. The third-order valence-electron chi connectivity index (χ3n) is 3.48. The van der Waals surface area contributed by atoms with Crippen molar-refractivity contribution in [3.8, 4) is 0 Å². The zero-order chi connectivity index (χ0) is 11.4. The first-order valence-corrected chi connectivity index (χ1v) is 6.32. The summed E-state index contributed by atoms with van der Waals surface area (Å²) in [4.78, 5) is 13.9. The third kappa shape index (κ3) is 3.60. The Kier molecular flexibility index (Phi) is 4.78. The summed E-state index contributed by atoms with van der Waals surface area (Å²) in [6, 6.07) is 1.19. The smallest absolute Gasteiger partial charge is 0.146 e. The predicted molar refractivity (Wildman–Crippen MR) is 63.9 cm³/mol. The Balaban J connectivity index is 2.61. The second-order valence-corrected chi connectivity index (χ2v) is 5.29. The first-order valence-electron chi connectivity index (χ1n) is 6.32. The molecular formula is C13H25NO. The van der Waals surface area contributed by atoms with Gasteiger partial charge < -0.3 is 0 Å². The molecule has 0 aromatic carbocycles. The van der Waals surface area contributed by atoms with E-state index in [0.29, 0.717) is 24.4 Å². The Labute approximate surface area is 94.0 Å². The van der Waals surface area contributed by atoms with Crippen molar-refractivity contribution in [1.82, 2.24) is 4.90 Å². The minimum Gasteiger partial charge on any atom is -0.298 e. The van der Waals surface area contributed by atoms with Crippen molar-refractivity contribution in [2.24, 2.45) is 5.92 Å². The van der Waals surface area contributed by atoms with Crippen molar-refractivity contribution in [3.63, 3.8) is 0 Å². The molecule has 0 amide bonds. The van der Waals surface area contributed by atoms with Gasteiger partial charge in [-0.2, -0.15) is 0 Å². The highest BCUT2D eigenvalue weighted by Crippen LogP contribution is 2.24. The van der Waals surface area contributed by atoms with Crippen molar-refractivity contribution in [2.45, 2.75) is 65.5 Å². The maximum atomic E-state index is 11.5. The van der Waals surface area contributed by atoms with Crippen LogP contribution in [0, 0.1) is 5.92 Å². The fourth-order valence-corrected chi connectivity index (χ4v) is 2.45. The van der Waals surface area contributed by atoms with E-state index in [1.807, 2.05) is 0 Å². The van der Waals surface area contributed by atoms with Crippen molar-refractivity contribution < 1.29 is 4.79 Å². The second-order valence-electron chi connectivity index (χ2n) is 5.29. The van der Waals surface area contributed by atoms with Gasteiger partial charge in [-0.05, 0) is 32.1 Å². The van der Waals surface area contributed by atoms with Crippen molar-refractivity contribution >= 4 is 5.78 Å². The molecule has 0 aromatic heterocycles. The van der Waals surface area contributed by atoms with Crippen LogP contribution in [0.25, 0.3) is 0 Å². The van der Waals surface area contributed by atoms with Gasteiger partial charge in [-0.25, -0.2) is 0 Å². The van der Waals surface area contributed by atoms with Crippen LogP contribution in [-0.2, 0) is 4.79 Å². The quantitative estimate of drug-likeness (QED) is 0.712. The molecule has 0 bridgehead atoms. The number of hydrogen-bond donors (Lipinski definition) is 0. The summed E-state index contributed by atoms with van der Waals surface area (Å²) in [5.74, 6) is 1.16. The van der Waals surface area contributed by atoms with Crippen molar-refractivity contribution in [1.29, 1.82) is 0 Å². The van der Waals surface area contributed by atoms with Gasteiger partial charge >= 0.3 is 0 Å². The molecule has 1 fully saturated rings. The topological polar surface area (TPSA) is 20.3 Å². The fourth-order valence-electron chi connectivity index (χ4n) is 2.45. The molecule has 1 saturated heterocycles. The van der Waals surface area contributed by atoms with Crippen LogP contribution in [0.3, 0.4) is 0 Å². The summed E-state index contributed by atoms with van der Waals surface area (Å²) in [6.45, 7) is 9.67. The van der Waals surface area contributed by atoms with Gasteiger partial charge in [-0.3, -0.25) is 9.69 Å². The van der Waals surface area contributed by atoms with E-state index in [9.17, 15) is 4.79 Å². The Morgan fingerprint density at radius 1 is 1.40 bits per heavy atom. The molecule has 1 rings (SSSR count). The van der Waals surface area contributed by atoms with Crippen LogP contribution in [-0.4, -0.2) is 29.3 Å². The highest BCUT2D eigenvalue weighted by atomic mass is 16.1. The number of nitrogens with zero attached hydrogens (tertiary/aromatic N) is 1. The lowest BCUT2D eigenvalue weighted by Crippen LogP contribution is -2.48. The molecule has 0 radical (unpaired) electrons. The van der Waals surface area contributed by atoms with E-state index >= 15 is 0 Å². The summed E-state index contributed by atoms with van der Waals surface area (Å²) in [6.07, 6.45) is 4.24. The van der Waals surface area contributed by atoms with Crippen LogP contribution in [0.5, 0.6) is 0 Å². The molecule has 0 aromatic rings. The lowest BCUT2D eigenvalue weighted by Gasteiger charge is -2.39. The van der Waals surface area contributed by atoms with E-state index in [1.165, 1.54) is 6.42 Å². The van der Waals surface area contributed by atoms with Gasteiger partial charge in [-0.15, -0.1) is 0 Å². The molecular weight excluding hydrogens is 186 g/mol. The molecule has 2 heteroatoms. The fraction of sp³-hybridized carbons (Fsp3) is 0.923. The average molecular weight is 211 g/mol. The minimum absolute atomic E-state index is 0.426. The van der Waals surface area contributed by atoms with Crippen LogP contribution in [0.15, 0.2) is 0 Å². The van der Waals surface area contributed by atoms with E-state index < -0.39 is 0 Å². The Hall–Kier alpha value is -0.370. The summed E-state index contributed by atoms with van der Waals surface area (Å²) in [7, 11) is 0. The van der Waals surface area contributed by atoms with Gasteiger partial charge in [-0.1, -0.05) is 20.8 Å². The maximum absolute atomic E-state index is 11.5. The molecule has 88 valence electrons. The zero-order valence-corrected chi connectivity index (χ0v) is 10.6. The molecule has 1 heterocycles. The van der Waals surface area contributed by atoms with E-state index in [0.717, 1.165) is 25.2 Å². The molecule has 15 heavy (non-hydrogen) atoms. The number of carbonyl (C=O) groups excluding carboxylic acids is 1. The lowest BCUT2D eigenvalue weighted by atomic mass is 9.92. The Morgan fingerprint density at radius 2 is 2.07 bits per heavy atom. The standard InChI is InChI=1S/C13H25NO/c1-5-11(4)14-9-13(15)7-6-12(14)8-10(2)3/h10-12H,5-9H2,1-4H3. The molecule has 2 unspecified atom stereocenters. The van der Waals surface area contributed by atoms with Crippen LogP contribution in [0.1, 0.15) is 53.4 Å². The predicted octanol–water partition coefficient (Wildman–Crippen LogP) is 2.86. The third-order valence-corrected chi connectivity index (χ3v) is 3.48. The monoisotopic (exact) mass is 211 g/mol. The van der Waals surface area contributed by atoms with Crippen molar-refractivity contribution in [2.75, 3.05) is 6.54 Å². The first-order chi connectivity index (χ1) is 7.04. The van der Waals surface area contributed by atoms with Crippen molar-refractivity contribution in [3.05, 3.63) is 0 Å². The largest absolute Gasteiger partial charge is 0.298 e. The highest BCUT2D eigenvalue weighted by Gasteiger charge is 2.29. The SMILES string of the molecule is CCC(C)N1CC(=O)CCC1CC(C)C. The number of Topliss-reactive ketones (excluding diaryl/α,β-unsaturated/α-hetero) is 1. The van der Waals surface area contributed by atoms with E-state index in [1.54, 1.807) is 0 Å². The Morgan fingerprint density at radius 3 is 2.60 bits per heavy atom. The number of likely N-dealkylation sites (tertiary alicyclic amines) is 1. The van der Waals surface area contributed by atoms with Crippen LogP contribution in [0.4, 0.5) is 0 Å². The zero-order valence-electron chi connectivity index (χ0n) is 10.6.